The number of methoxy groups -OCH3 is 2. The number of carbonyl (C=O) groups is 3. The van der Waals surface area contributed by atoms with Gasteiger partial charge in [0.15, 0.2) is 5.13 Å². The Morgan fingerprint density at radius 1 is 1.03 bits per heavy atom. The van der Waals surface area contributed by atoms with Crippen LogP contribution < -0.4 is 9.64 Å². The highest BCUT2D eigenvalue weighted by Gasteiger charge is 2.48. The second-order valence-corrected chi connectivity index (χ2v) is 8.69. The summed E-state index contributed by atoms with van der Waals surface area (Å²) in [6.45, 7) is 3.53. The molecule has 2 aromatic carbocycles. The number of esters is 1. The van der Waals surface area contributed by atoms with Crippen LogP contribution in [0.1, 0.15) is 38.1 Å². The fourth-order valence-electron chi connectivity index (χ4n) is 3.77. The van der Waals surface area contributed by atoms with Gasteiger partial charge in [0, 0.05) is 5.56 Å². The molecule has 8 nitrogen and oxygen atoms in total. The van der Waals surface area contributed by atoms with Gasteiger partial charge in [-0.15, -0.1) is 0 Å². The topological polar surface area (TPSA) is 106 Å². The van der Waals surface area contributed by atoms with E-state index in [2.05, 4.69) is 4.98 Å². The zero-order chi connectivity index (χ0) is 24.6. The molecule has 0 unspecified atom stereocenters. The Labute approximate surface area is 200 Å². The van der Waals surface area contributed by atoms with Crippen LogP contribution in [-0.4, -0.2) is 42.0 Å². The molecule has 4 rings (SSSR count). The molecule has 3 aromatic rings. The minimum absolute atomic E-state index is 0.0634. The Hall–Kier alpha value is -3.98. The van der Waals surface area contributed by atoms with Crippen LogP contribution in [0.3, 0.4) is 0 Å². The minimum atomic E-state index is -0.955. The number of rotatable bonds is 5. The van der Waals surface area contributed by atoms with Crippen LogP contribution in [0.25, 0.3) is 5.76 Å². The molecule has 1 amide bonds. The first kappa shape index (κ1) is 23.2. The van der Waals surface area contributed by atoms with Crippen molar-refractivity contribution in [1.29, 1.82) is 0 Å². The molecule has 1 N–H and O–H groups in total. The van der Waals surface area contributed by atoms with Crippen LogP contribution >= 0.6 is 11.3 Å². The summed E-state index contributed by atoms with van der Waals surface area (Å²) in [6.07, 6.45) is 0. The quantitative estimate of drug-likeness (QED) is 0.254. The number of ketones is 1. The number of aliphatic hydroxyl groups excluding tert-OH is 1. The fourth-order valence-corrected chi connectivity index (χ4v) is 4.78. The maximum atomic E-state index is 13.2. The van der Waals surface area contributed by atoms with Crippen molar-refractivity contribution >= 4 is 39.9 Å². The Bertz CT molecular complexity index is 1310. The Kier molecular flexibility index (Phi) is 6.21. The Morgan fingerprint density at radius 3 is 2.26 bits per heavy atom. The standard InChI is InChI=1S/C25H22N2O6S/c1-13-5-7-16(8-6-13)20(28)18-19(15-9-11-17(32-3)12-10-15)27(23(30)21(18)29)25-26-14(2)22(34-25)24(31)33-4/h5-12,19,28H,1-4H3/b20-18+/t19-/m1/s1. The first-order valence-corrected chi connectivity index (χ1v) is 11.2. The summed E-state index contributed by atoms with van der Waals surface area (Å²) >= 11 is 0.951. The second kappa shape index (κ2) is 9.11. The van der Waals surface area contributed by atoms with E-state index in [1.807, 2.05) is 6.92 Å². The Morgan fingerprint density at radius 2 is 1.68 bits per heavy atom. The van der Waals surface area contributed by atoms with Crippen molar-refractivity contribution < 1.29 is 29.0 Å². The van der Waals surface area contributed by atoms with Gasteiger partial charge in [-0.3, -0.25) is 14.5 Å². The van der Waals surface area contributed by atoms with E-state index in [9.17, 15) is 19.5 Å². The van der Waals surface area contributed by atoms with Gasteiger partial charge in [-0.2, -0.15) is 0 Å². The molecule has 2 heterocycles. The molecule has 0 bridgehead atoms. The molecule has 9 heteroatoms. The molecule has 1 aromatic heterocycles. The van der Waals surface area contributed by atoms with Crippen LogP contribution in [0.15, 0.2) is 54.1 Å². The highest BCUT2D eigenvalue weighted by atomic mass is 32.1. The number of nitrogens with zero attached hydrogens (tertiary/aromatic N) is 2. The number of hydrogen-bond donors (Lipinski definition) is 1. The molecule has 1 aliphatic heterocycles. The third-order valence-electron chi connectivity index (χ3n) is 5.56. The minimum Gasteiger partial charge on any atom is -0.507 e. The average Bonchev–Trinajstić information content (AvgIpc) is 3.35. The van der Waals surface area contributed by atoms with Crippen LogP contribution in [0.2, 0.25) is 0 Å². The number of carbonyl (C=O) groups excluding carboxylic acids is 3. The van der Waals surface area contributed by atoms with Crippen LogP contribution in [0.5, 0.6) is 5.75 Å². The molecule has 1 atom stereocenters. The number of thiazole rings is 1. The Balaban J connectivity index is 1.92. The van der Waals surface area contributed by atoms with E-state index < -0.39 is 23.7 Å². The normalized spacial score (nSPS) is 17.2. The van der Waals surface area contributed by atoms with Crippen molar-refractivity contribution in [2.45, 2.75) is 19.9 Å². The molecule has 34 heavy (non-hydrogen) atoms. The molecule has 174 valence electrons. The summed E-state index contributed by atoms with van der Waals surface area (Å²) in [4.78, 5) is 44.4. The lowest BCUT2D eigenvalue weighted by molar-refractivity contribution is -0.132. The molecule has 1 fully saturated rings. The first-order chi connectivity index (χ1) is 16.3. The third-order valence-corrected chi connectivity index (χ3v) is 6.70. The average molecular weight is 479 g/mol. The number of amides is 1. The molecule has 0 aliphatic carbocycles. The van der Waals surface area contributed by atoms with Crippen molar-refractivity contribution in [2.24, 2.45) is 0 Å². The van der Waals surface area contributed by atoms with E-state index in [4.69, 9.17) is 9.47 Å². The van der Waals surface area contributed by atoms with Crippen LogP contribution in [-0.2, 0) is 14.3 Å². The molecule has 0 radical (unpaired) electrons. The van der Waals surface area contributed by atoms with E-state index >= 15 is 0 Å². The number of aryl methyl sites for hydroxylation is 2. The monoisotopic (exact) mass is 478 g/mol. The van der Waals surface area contributed by atoms with Gasteiger partial charge in [-0.25, -0.2) is 9.78 Å². The summed E-state index contributed by atoms with van der Waals surface area (Å²) in [5.74, 6) is -1.97. The van der Waals surface area contributed by atoms with Gasteiger partial charge in [0.2, 0.25) is 0 Å². The zero-order valence-electron chi connectivity index (χ0n) is 19.0. The molecule has 1 saturated heterocycles. The largest absolute Gasteiger partial charge is 0.507 e. The lowest BCUT2D eigenvalue weighted by Gasteiger charge is -2.23. The summed E-state index contributed by atoms with van der Waals surface area (Å²) in [5, 5.41) is 11.3. The smallest absolute Gasteiger partial charge is 0.350 e. The summed E-state index contributed by atoms with van der Waals surface area (Å²) in [7, 11) is 2.79. The van der Waals surface area contributed by atoms with Crippen molar-refractivity contribution in [3.8, 4) is 5.75 Å². The SMILES string of the molecule is COC(=O)c1sc(N2C(=O)C(=O)/C(=C(/O)c3ccc(C)cc3)[C@H]2c2ccc(OC)cc2)nc1C. The lowest BCUT2D eigenvalue weighted by atomic mass is 9.95. The highest BCUT2D eigenvalue weighted by Crippen LogP contribution is 2.44. The maximum absolute atomic E-state index is 13.2. The van der Waals surface area contributed by atoms with E-state index in [0.29, 0.717) is 22.6 Å². The molecular formula is C25H22N2O6S. The van der Waals surface area contributed by atoms with E-state index in [1.54, 1.807) is 55.5 Å². The maximum Gasteiger partial charge on any atom is 0.350 e. The van der Waals surface area contributed by atoms with Gasteiger partial charge in [0.25, 0.3) is 5.78 Å². The van der Waals surface area contributed by atoms with Crippen molar-refractivity contribution in [2.75, 3.05) is 19.1 Å². The van der Waals surface area contributed by atoms with Crippen molar-refractivity contribution in [3.05, 3.63) is 81.4 Å². The van der Waals surface area contributed by atoms with E-state index in [-0.39, 0.29) is 21.3 Å². The number of aliphatic hydroxyl groups is 1. The van der Waals surface area contributed by atoms with Crippen molar-refractivity contribution in [3.63, 3.8) is 0 Å². The molecule has 0 spiro atoms. The lowest BCUT2D eigenvalue weighted by Crippen LogP contribution is -2.29. The molecule has 0 saturated carbocycles. The highest BCUT2D eigenvalue weighted by molar-refractivity contribution is 7.17. The van der Waals surface area contributed by atoms with Gasteiger partial charge in [0.05, 0.1) is 31.5 Å². The summed E-state index contributed by atoms with van der Waals surface area (Å²) in [6, 6.07) is 12.9. The predicted molar refractivity (Wildman–Crippen MR) is 127 cm³/mol. The van der Waals surface area contributed by atoms with Gasteiger partial charge in [-0.1, -0.05) is 53.3 Å². The number of hydrogen-bond acceptors (Lipinski definition) is 8. The predicted octanol–water partition coefficient (Wildman–Crippen LogP) is 4.18. The first-order valence-electron chi connectivity index (χ1n) is 10.3. The van der Waals surface area contributed by atoms with Gasteiger partial charge >= 0.3 is 11.9 Å². The van der Waals surface area contributed by atoms with Crippen LogP contribution in [0.4, 0.5) is 5.13 Å². The molecule has 1 aliphatic rings. The molecular weight excluding hydrogens is 456 g/mol. The zero-order valence-corrected chi connectivity index (χ0v) is 19.8. The van der Waals surface area contributed by atoms with Crippen LogP contribution in [0, 0.1) is 13.8 Å². The van der Waals surface area contributed by atoms with Gasteiger partial charge < -0.3 is 14.6 Å². The number of anilines is 1. The number of ether oxygens (including phenoxy) is 2. The number of benzene rings is 2. The summed E-state index contributed by atoms with van der Waals surface area (Å²) < 4.78 is 10.0. The van der Waals surface area contributed by atoms with E-state index in [0.717, 1.165) is 16.9 Å². The number of Topliss-reactive ketones (excluding diaryl/α,β-unsaturated/α-hetero) is 1. The fraction of sp³-hybridized carbons (Fsp3) is 0.200. The second-order valence-electron chi connectivity index (χ2n) is 7.71. The van der Waals surface area contributed by atoms with Crippen molar-refractivity contribution in [1.82, 2.24) is 4.98 Å². The summed E-state index contributed by atoms with van der Waals surface area (Å²) in [5.41, 5.74) is 2.28. The number of aromatic nitrogens is 1. The third kappa shape index (κ3) is 3.94. The van der Waals surface area contributed by atoms with E-state index in [1.165, 1.54) is 19.1 Å². The van der Waals surface area contributed by atoms with Gasteiger partial charge in [0.1, 0.15) is 16.4 Å². The van der Waals surface area contributed by atoms with Gasteiger partial charge in [-0.05, 0) is 31.5 Å².